The average molecular weight is 256 g/mol. The van der Waals surface area contributed by atoms with Crippen molar-refractivity contribution in [1.29, 1.82) is 0 Å². The summed E-state index contributed by atoms with van der Waals surface area (Å²) < 4.78 is 4.90. The number of nitro groups is 1. The molecule has 0 saturated heterocycles. The highest BCUT2D eigenvalue weighted by Gasteiger charge is 2.19. The normalized spacial score (nSPS) is 9.82. The topological polar surface area (TPSA) is 72.7 Å². The van der Waals surface area contributed by atoms with Gasteiger partial charge in [-0.1, -0.05) is 0 Å². The van der Waals surface area contributed by atoms with E-state index in [1.54, 1.807) is 20.2 Å². The van der Waals surface area contributed by atoms with Gasteiger partial charge in [0.1, 0.15) is 5.75 Å². The van der Waals surface area contributed by atoms with E-state index in [1.807, 2.05) is 0 Å². The molecule has 0 aliphatic heterocycles. The molecule has 0 aliphatic rings. The van der Waals surface area contributed by atoms with Crippen LogP contribution >= 0.6 is 11.8 Å². The van der Waals surface area contributed by atoms with Crippen LogP contribution in [0.1, 0.15) is 0 Å². The van der Waals surface area contributed by atoms with Crippen LogP contribution in [0.3, 0.4) is 0 Å². The summed E-state index contributed by atoms with van der Waals surface area (Å²) in [5.74, 6) is 0.387. The van der Waals surface area contributed by atoms with Gasteiger partial charge in [0.05, 0.1) is 23.0 Å². The smallest absolute Gasteiger partial charge is 0.287 e. The lowest BCUT2D eigenvalue weighted by Crippen LogP contribution is -2.16. The molecule has 0 aromatic heterocycles. The maximum atomic E-state index is 11.5. The first-order chi connectivity index (χ1) is 7.95. The Morgan fingerprint density at radius 2 is 2.12 bits per heavy atom. The maximum absolute atomic E-state index is 11.5. The summed E-state index contributed by atoms with van der Waals surface area (Å²) in [6, 6.07) is 4.38. The maximum Gasteiger partial charge on any atom is 0.287 e. The second-order valence-electron chi connectivity index (χ2n) is 3.35. The van der Waals surface area contributed by atoms with Gasteiger partial charge in [-0.05, 0) is 23.9 Å². The number of nitrogens with zero attached hydrogens (tertiary/aromatic N) is 2. The summed E-state index contributed by atoms with van der Waals surface area (Å²) in [4.78, 5) is 23.5. The van der Waals surface area contributed by atoms with Crippen molar-refractivity contribution >= 4 is 22.7 Å². The van der Waals surface area contributed by atoms with E-state index in [4.69, 9.17) is 4.74 Å². The predicted molar refractivity (Wildman–Crippen MR) is 64.6 cm³/mol. The fourth-order valence-corrected chi connectivity index (χ4v) is 1.78. The molecule has 0 radical (unpaired) electrons. The first-order valence-corrected chi connectivity index (χ1v) is 5.49. The SMILES string of the molecule is COc1ccc(SC(=O)N(C)C)c([N+](=O)[O-])c1. The second-order valence-corrected chi connectivity index (χ2v) is 4.35. The molecule has 0 unspecified atom stereocenters. The van der Waals surface area contributed by atoms with Crippen LogP contribution in [0.15, 0.2) is 23.1 Å². The standard InChI is InChI=1S/C10H12N2O4S/c1-11(2)10(13)17-9-5-4-7(16-3)6-8(9)12(14)15/h4-6H,1-3H3. The molecule has 0 spiro atoms. The van der Waals surface area contributed by atoms with E-state index in [0.717, 1.165) is 11.8 Å². The molecule has 1 rings (SSSR count). The number of carbonyl (C=O) groups excluding carboxylic acids is 1. The molecule has 0 N–H and O–H groups in total. The molecule has 0 fully saturated rings. The fraction of sp³-hybridized carbons (Fsp3) is 0.300. The van der Waals surface area contributed by atoms with Crippen molar-refractivity contribution in [2.75, 3.05) is 21.2 Å². The highest BCUT2D eigenvalue weighted by molar-refractivity contribution is 8.13. The van der Waals surface area contributed by atoms with Crippen LogP contribution < -0.4 is 4.74 Å². The van der Waals surface area contributed by atoms with Gasteiger partial charge in [-0.25, -0.2) is 0 Å². The van der Waals surface area contributed by atoms with Crippen LogP contribution in [0.4, 0.5) is 10.5 Å². The third-order valence-electron chi connectivity index (χ3n) is 1.93. The van der Waals surface area contributed by atoms with Crippen LogP contribution in [0.25, 0.3) is 0 Å². The van der Waals surface area contributed by atoms with Gasteiger partial charge in [0.2, 0.25) is 0 Å². The molecule has 1 aromatic rings. The fourth-order valence-electron chi connectivity index (χ4n) is 1.04. The van der Waals surface area contributed by atoms with E-state index >= 15 is 0 Å². The van der Waals surface area contributed by atoms with Crippen molar-refractivity contribution in [1.82, 2.24) is 4.90 Å². The molecule has 0 bridgehead atoms. The van der Waals surface area contributed by atoms with Gasteiger partial charge in [0.25, 0.3) is 10.9 Å². The van der Waals surface area contributed by atoms with Crippen LogP contribution in [0, 0.1) is 10.1 Å². The predicted octanol–water partition coefficient (Wildman–Crippen LogP) is 2.38. The molecule has 1 aromatic carbocycles. The number of ether oxygens (including phenoxy) is 1. The molecular formula is C10H12N2O4S. The minimum atomic E-state index is -0.534. The summed E-state index contributed by atoms with van der Waals surface area (Å²) in [6.45, 7) is 0. The van der Waals surface area contributed by atoms with Gasteiger partial charge in [-0.15, -0.1) is 0 Å². The van der Waals surface area contributed by atoms with Crippen LogP contribution in [-0.4, -0.2) is 36.3 Å². The number of amides is 1. The van der Waals surface area contributed by atoms with Gasteiger partial charge in [-0.3, -0.25) is 14.9 Å². The zero-order chi connectivity index (χ0) is 13.0. The lowest BCUT2D eigenvalue weighted by atomic mass is 10.3. The van der Waals surface area contributed by atoms with Gasteiger partial charge in [0.15, 0.2) is 0 Å². The first-order valence-electron chi connectivity index (χ1n) is 4.67. The lowest BCUT2D eigenvalue weighted by molar-refractivity contribution is -0.387. The molecule has 7 heteroatoms. The minimum Gasteiger partial charge on any atom is -0.497 e. The Kier molecular flexibility index (Phi) is 4.33. The van der Waals surface area contributed by atoms with E-state index < -0.39 is 4.92 Å². The number of hydrogen-bond acceptors (Lipinski definition) is 5. The van der Waals surface area contributed by atoms with Gasteiger partial charge < -0.3 is 9.64 Å². The number of methoxy groups -OCH3 is 1. The van der Waals surface area contributed by atoms with E-state index in [9.17, 15) is 14.9 Å². The lowest BCUT2D eigenvalue weighted by Gasteiger charge is -2.09. The number of rotatable bonds is 3. The summed E-state index contributed by atoms with van der Waals surface area (Å²) in [5.41, 5.74) is -0.135. The molecule has 0 atom stereocenters. The van der Waals surface area contributed by atoms with E-state index in [0.29, 0.717) is 10.6 Å². The Morgan fingerprint density at radius 1 is 1.47 bits per heavy atom. The zero-order valence-electron chi connectivity index (χ0n) is 9.67. The molecule has 6 nitrogen and oxygen atoms in total. The Hall–Kier alpha value is -1.76. The van der Waals surface area contributed by atoms with Crippen molar-refractivity contribution in [3.8, 4) is 5.75 Å². The third-order valence-corrected chi connectivity index (χ3v) is 3.03. The summed E-state index contributed by atoms with van der Waals surface area (Å²) in [7, 11) is 4.60. The Morgan fingerprint density at radius 3 is 2.59 bits per heavy atom. The number of carbonyl (C=O) groups is 1. The summed E-state index contributed by atoms with van der Waals surface area (Å²) >= 11 is 0.816. The van der Waals surface area contributed by atoms with Crippen molar-refractivity contribution in [3.05, 3.63) is 28.3 Å². The van der Waals surface area contributed by atoms with Gasteiger partial charge in [0, 0.05) is 14.1 Å². The monoisotopic (exact) mass is 256 g/mol. The van der Waals surface area contributed by atoms with Crippen molar-refractivity contribution in [2.45, 2.75) is 4.90 Å². The van der Waals surface area contributed by atoms with Crippen LogP contribution in [0.2, 0.25) is 0 Å². The molecule has 17 heavy (non-hydrogen) atoms. The Balaban J connectivity index is 3.06. The molecular weight excluding hydrogens is 244 g/mol. The average Bonchev–Trinajstić information content (AvgIpc) is 2.29. The van der Waals surface area contributed by atoms with E-state index in [1.165, 1.54) is 24.1 Å². The van der Waals surface area contributed by atoms with Crippen LogP contribution in [0.5, 0.6) is 5.75 Å². The molecule has 1 amide bonds. The minimum absolute atomic E-state index is 0.135. The van der Waals surface area contributed by atoms with Crippen molar-refractivity contribution in [3.63, 3.8) is 0 Å². The highest BCUT2D eigenvalue weighted by atomic mass is 32.2. The number of nitro benzene ring substituents is 1. The number of thioether (sulfide) groups is 1. The Labute approximate surface area is 103 Å². The molecule has 0 heterocycles. The number of hydrogen-bond donors (Lipinski definition) is 0. The zero-order valence-corrected chi connectivity index (χ0v) is 10.5. The Bertz CT molecular complexity index is 448. The van der Waals surface area contributed by atoms with Gasteiger partial charge in [-0.2, -0.15) is 0 Å². The highest BCUT2D eigenvalue weighted by Crippen LogP contribution is 2.33. The van der Waals surface area contributed by atoms with E-state index in [2.05, 4.69) is 0 Å². The van der Waals surface area contributed by atoms with Gasteiger partial charge >= 0.3 is 0 Å². The quantitative estimate of drug-likeness (QED) is 0.471. The number of benzene rings is 1. The molecule has 92 valence electrons. The van der Waals surface area contributed by atoms with Crippen molar-refractivity contribution in [2.24, 2.45) is 0 Å². The van der Waals surface area contributed by atoms with Crippen LogP contribution in [-0.2, 0) is 0 Å². The summed E-state index contributed by atoms with van der Waals surface area (Å²) in [5, 5.41) is 10.6. The summed E-state index contributed by atoms with van der Waals surface area (Å²) in [6.07, 6.45) is 0. The van der Waals surface area contributed by atoms with Crippen molar-refractivity contribution < 1.29 is 14.5 Å². The molecule has 0 saturated carbocycles. The molecule has 0 aliphatic carbocycles. The first kappa shape index (κ1) is 13.3. The third kappa shape index (κ3) is 3.35. The van der Waals surface area contributed by atoms with E-state index in [-0.39, 0.29) is 10.9 Å². The largest absolute Gasteiger partial charge is 0.497 e. The second kappa shape index (κ2) is 5.53.